The summed E-state index contributed by atoms with van der Waals surface area (Å²) < 4.78 is 7.96. The van der Waals surface area contributed by atoms with E-state index < -0.39 is 0 Å². The third-order valence-electron chi connectivity index (χ3n) is 3.64. The van der Waals surface area contributed by atoms with Gasteiger partial charge in [-0.1, -0.05) is 24.3 Å². The Bertz CT molecular complexity index is 765. The highest BCUT2D eigenvalue weighted by molar-refractivity contribution is 5.75. The quantitative estimate of drug-likeness (QED) is 0.761. The van der Waals surface area contributed by atoms with Gasteiger partial charge in [-0.15, -0.1) is 0 Å². The van der Waals surface area contributed by atoms with Crippen molar-refractivity contribution in [3.8, 4) is 5.75 Å². The van der Waals surface area contributed by atoms with Gasteiger partial charge in [0.15, 0.2) is 0 Å². The molecule has 4 nitrogen and oxygen atoms in total. The molecule has 3 aromatic rings. The van der Waals surface area contributed by atoms with Crippen LogP contribution in [-0.2, 0) is 13.0 Å². The molecule has 0 bridgehead atoms. The number of nitrogens with zero attached hydrogens (tertiary/aromatic N) is 2. The third kappa shape index (κ3) is 3.12. The average Bonchev–Trinajstić information content (AvgIpc) is 2.86. The van der Waals surface area contributed by atoms with Gasteiger partial charge in [0, 0.05) is 6.42 Å². The maximum Gasteiger partial charge on any atom is 0.119 e. The molecule has 114 valence electrons. The van der Waals surface area contributed by atoms with Crippen molar-refractivity contribution >= 4 is 11.0 Å². The molecule has 0 aliphatic heterocycles. The smallest absolute Gasteiger partial charge is 0.119 e. The predicted octanol–water partition coefficient (Wildman–Crippen LogP) is 2.96. The summed E-state index contributed by atoms with van der Waals surface area (Å²) in [5.41, 5.74) is 3.23. The topological polar surface area (TPSA) is 47.3 Å². The number of fused-ring (bicyclic) bond motifs is 1. The molecule has 3 rings (SSSR count). The van der Waals surface area contributed by atoms with Crippen LogP contribution in [0.4, 0.5) is 0 Å². The Morgan fingerprint density at radius 3 is 2.82 bits per heavy atom. The molecule has 0 fully saturated rings. The molecule has 0 saturated carbocycles. The molecule has 0 amide bonds. The Labute approximate surface area is 130 Å². The molecule has 1 aromatic heterocycles. The SMILES string of the molecule is Cc1cccc(OCCn2c(CCO)nc3ccccc32)c1. The molecule has 0 aliphatic rings. The van der Waals surface area contributed by atoms with Crippen LogP contribution in [0.3, 0.4) is 0 Å². The number of aliphatic hydroxyl groups is 1. The molecule has 0 saturated heterocycles. The van der Waals surface area contributed by atoms with Gasteiger partial charge < -0.3 is 14.4 Å². The fraction of sp³-hybridized carbons (Fsp3) is 0.278. The predicted molar refractivity (Wildman–Crippen MR) is 87.2 cm³/mol. The van der Waals surface area contributed by atoms with Gasteiger partial charge in [0.2, 0.25) is 0 Å². The second-order valence-electron chi connectivity index (χ2n) is 5.31. The summed E-state index contributed by atoms with van der Waals surface area (Å²) in [7, 11) is 0. The molecular formula is C18H20N2O2. The monoisotopic (exact) mass is 296 g/mol. The molecule has 2 aromatic carbocycles. The van der Waals surface area contributed by atoms with Crippen LogP contribution < -0.4 is 4.74 Å². The first-order valence-corrected chi connectivity index (χ1v) is 7.52. The minimum Gasteiger partial charge on any atom is -0.492 e. The molecule has 1 heterocycles. The zero-order valence-electron chi connectivity index (χ0n) is 12.7. The standard InChI is InChI=1S/C18H20N2O2/c1-14-5-4-6-15(13-14)22-12-10-20-17-8-3-2-7-16(17)19-18(20)9-11-21/h2-8,13,21H,9-12H2,1H3. The minimum atomic E-state index is 0.0993. The van der Waals surface area contributed by atoms with Crippen LogP contribution in [0.15, 0.2) is 48.5 Å². The van der Waals surface area contributed by atoms with Gasteiger partial charge in [-0.3, -0.25) is 0 Å². The molecular weight excluding hydrogens is 276 g/mol. The number of aryl methyl sites for hydroxylation is 1. The normalized spacial score (nSPS) is 11.0. The van der Waals surface area contributed by atoms with Crippen molar-refractivity contribution in [1.82, 2.24) is 9.55 Å². The molecule has 0 radical (unpaired) electrons. The van der Waals surface area contributed by atoms with Crippen molar-refractivity contribution in [1.29, 1.82) is 0 Å². The molecule has 0 spiro atoms. The van der Waals surface area contributed by atoms with Crippen molar-refractivity contribution in [3.05, 3.63) is 59.9 Å². The van der Waals surface area contributed by atoms with Gasteiger partial charge in [-0.05, 0) is 36.8 Å². The number of benzene rings is 2. The first kappa shape index (κ1) is 14.6. The fourth-order valence-corrected chi connectivity index (χ4v) is 2.63. The highest BCUT2D eigenvalue weighted by atomic mass is 16.5. The highest BCUT2D eigenvalue weighted by Crippen LogP contribution is 2.17. The van der Waals surface area contributed by atoms with Crippen molar-refractivity contribution in [2.45, 2.75) is 19.9 Å². The Hall–Kier alpha value is -2.33. The van der Waals surface area contributed by atoms with E-state index in [-0.39, 0.29) is 6.61 Å². The van der Waals surface area contributed by atoms with E-state index in [1.807, 2.05) is 36.4 Å². The lowest BCUT2D eigenvalue weighted by atomic mass is 10.2. The maximum absolute atomic E-state index is 9.22. The van der Waals surface area contributed by atoms with E-state index in [1.165, 1.54) is 5.56 Å². The number of hydrogen-bond acceptors (Lipinski definition) is 3. The summed E-state index contributed by atoms with van der Waals surface area (Å²) in [6.07, 6.45) is 0.555. The maximum atomic E-state index is 9.22. The van der Waals surface area contributed by atoms with E-state index in [0.29, 0.717) is 19.6 Å². The van der Waals surface area contributed by atoms with Gasteiger partial charge in [-0.25, -0.2) is 4.98 Å². The number of hydrogen-bond donors (Lipinski definition) is 1. The van der Waals surface area contributed by atoms with Gasteiger partial charge >= 0.3 is 0 Å². The molecule has 0 unspecified atom stereocenters. The van der Waals surface area contributed by atoms with Crippen LogP contribution in [0.2, 0.25) is 0 Å². The Kier molecular flexibility index (Phi) is 4.39. The molecule has 1 N–H and O–H groups in total. The van der Waals surface area contributed by atoms with Crippen LogP contribution in [0, 0.1) is 6.92 Å². The van der Waals surface area contributed by atoms with Crippen molar-refractivity contribution in [2.24, 2.45) is 0 Å². The van der Waals surface area contributed by atoms with Gasteiger partial charge in [-0.2, -0.15) is 0 Å². The minimum absolute atomic E-state index is 0.0993. The van der Waals surface area contributed by atoms with Gasteiger partial charge in [0.1, 0.15) is 18.2 Å². The summed E-state index contributed by atoms with van der Waals surface area (Å²) in [4.78, 5) is 4.59. The molecule has 0 aliphatic carbocycles. The van der Waals surface area contributed by atoms with Crippen molar-refractivity contribution in [3.63, 3.8) is 0 Å². The number of imidazole rings is 1. The zero-order valence-corrected chi connectivity index (χ0v) is 12.7. The highest BCUT2D eigenvalue weighted by Gasteiger charge is 2.09. The van der Waals surface area contributed by atoms with Crippen LogP contribution >= 0.6 is 0 Å². The van der Waals surface area contributed by atoms with E-state index in [1.54, 1.807) is 0 Å². The van der Waals surface area contributed by atoms with Crippen LogP contribution in [0.5, 0.6) is 5.75 Å². The lowest BCUT2D eigenvalue weighted by Gasteiger charge is -2.10. The molecule has 0 atom stereocenters. The van der Waals surface area contributed by atoms with E-state index in [2.05, 4.69) is 28.6 Å². The largest absolute Gasteiger partial charge is 0.492 e. The third-order valence-corrected chi connectivity index (χ3v) is 3.64. The number of para-hydroxylation sites is 2. The van der Waals surface area contributed by atoms with Crippen LogP contribution in [0.1, 0.15) is 11.4 Å². The van der Waals surface area contributed by atoms with Crippen LogP contribution in [0.25, 0.3) is 11.0 Å². The van der Waals surface area contributed by atoms with Gasteiger partial charge in [0.05, 0.1) is 24.2 Å². The lowest BCUT2D eigenvalue weighted by molar-refractivity contribution is 0.283. The Morgan fingerprint density at radius 1 is 1.14 bits per heavy atom. The average molecular weight is 296 g/mol. The first-order chi connectivity index (χ1) is 10.8. The molecule has 4 heteroatoms. The Morgan fingerprint density at radius 2 is 2.00 bits per heavy atom. The van der Waals surface area contributed by atoms with Gasteiger partial charge in [0.25, 0.3) is 0 Å². The summed E-state index contributed by atoms with van der Waals surface area (Å²) in [5, 5.41) is 9.22. The first-order valence-electron chi connectivity index (χ1n) is 7.52. The summed E-state index contributed by atoms with van der Waals surface area (Å²) in [6, 6.07) is 16.1. The second kappa shape index (κ2) is 6.62. The number of aromatic nitrogens is 2. The second-order valence-corrected chi connectivity index (χ2v) is 5.31. The Balaban J connectivity index is 1.76. The van der Waals surface area contributed by atoms with Crippen molar-refractivity contribution in [2.75, 3.05) is 13.2 Å². The van der Waals surface area contributed by atoms with E-state index in [4.69, 9.17) is 4.74 Å². The van der Waals surface area contributed by atoms with E-state index in [9.17, 15) is 5.11 Å². The van der Waals surface area contributed by atoms with Crippen molar-refractivity contribution < 1.29 is 9.84 Å². The van der Waals surface area contributed by atoms with E-state index in [0.717, 1.165) is 22.6 Å². The summed E-state index contributed by atoms with van der Waals surface area (Å²) in [5.74, 6) is 1.78. The number of ether oxygens (including phenoxy) is 1. The number of aliphatic hydroxyl groups excluding tert-OH is 1. The fourth-order valence-electron chi connectivity index (χ4n) is 2.63. The van der Waals surface area contributed by atoms with Crippen LogP contribution in [-0.4, -0.2) is 27.9 Å². The summed E-state index contributed by atoms with van der Waals surface area (Å²) in [6.45, 7) is 3.43. The zero-order chi connectivity index (χ0) is 15.4. The summed E-state index contributed by atoms with van der Waals surface area (Å²) >= 11 is 0. The van der Waals surface area contributed by atoms with E-state index >= 15 is 0 Å². The molecule has 22 heavy (non-hydrogen) atoms. The number of rotatable bonds is 6. The lowest BCUT2D eigenvalue weighted by Crippen LogP contribution is -2.12.